The number of aromatic amines is 1. The van der Waals surface area contributed by atoms with E-state index >= 15 is 0 Å². The van der Waals surface area contributed by atoms with Gasteiger partial charge in [-0.1, -0.05) is 11.6 Å². The van der Waals surface area contributed by atoms with Gasteiger partial charge in [0.05, 0.1) is 12.7 Å². The molecule has 0 radical (unpaired) electrons. The molecular weight excluding hydrogens is 226 g/mol. The first-order valence-electron chi connectivity index (χ1n) is 4.74. The lowest BCUT2D eigenvalue weighted by Gasteiger charge is -2.07. The number of methoxy groups -OCH3 is 1. The zero-order valence-electron chi connectivity index (χ0n) is 8.66. The fraction of sp³-hybridized carbons (Fsp3) is 0.0833. The minimum Gasteiger partial charge on any atom is -0.496 e. The number of ether oxygens (including phenoxy) is 1. The summed E-state index contributed by atoms with van der Waals surface area (Å²) >= 11 is 5.86. The van der Waals surface area contributed by atoms with Crippen molar-refractivity contribution in [1.82, 2.24) is 4.98 Å². The van der Waals surface area contributed by atoms with Crippen molar-refractivity contribution in [3.63, 3.8) is 0 Å². The van der Waals surface area contributed by atoms with E-state index in [1.54, 1.807) is 43.6 Å². The van der Waals surface area contributed by atoms with Crippen molar-refractivity contribution in [2.24, 2.45) is 0 Å². The van der Waals surface area contributed by atoms with Crippen LogP contribution in [-0.2, 0) is 0 Å². The zero-order valence-corrected chi connectivity index (χ0v) is 9.41. The zero-order chi connectivity index (χ0) is 11.5. The molecule has 2 rings (SSSR count). The Hall–Kier alpha value is -1.74. The van der Waals surface area contributed by atoms with Gasteiger partial charge in [0.1, 0.15) is 5.75 Å². The Balaban J connectivity index is 2.65. The highest BCUT2D eigenvalue weighted by Gasteiger charge is 2.09. The van der Waals surface area contributed by atoms with Crippen LogP contribution in [-0.4, -0.2) is 12.1 Å². The van der Waals surface area contributed by atoms with Gasteiger partial charge in [-0.3, -0.25) is 4.79 Å². The van der Waals surface area contributed by atoms with Crippen LogP contribution in [0.15, 0.2) is 41.3 Å². The van der Waals surface area contributed by atoms with Crippen LogP contribution in [0, 0.1) is 0 Å². The molecule has 4 heteroatoms. The van der Waals surface area contributed by atoms with Crippen molar-refractivity contribution in [3.8, 4) is 16.9 Å². The number of halogens is 1. The molecule has 0 saturated heterocycles. The molecule has 1 aromatic carbocycles. The number of aromatic nitrogens is 1. The van der Waals surface area contributed by atoms with Gasteiger partial charge >= 0.3 is 0 Å². The summed E-state index contributed by atoms with van der Waals surface area (Å²) in [5.74, 6) is 0.587. The third-order valence-electron chi connectivity index (χ3n) is 2.27. The molecule has 0 atom stereocenters. The summed E-state index contributed by atoms with van der Waals surface area (Å²) in [5, 5.41) is 0.577. The minimum atomic E-state index is -0.150. The maximum Gasteiger partial charge on any atom is 0.255 e. The highest BCUT2D eigenvalue weighted by atomic mass is 35.5. The molecule has 3 nitrogen and oxygen atoms in total. The number of H-pyrrole nitrogens is 1. The van der Waals surface area contributed by atoms with Crippen molar-refractivity contribution in [2.75, 3.05) is 7.11 Å². The van der Waals surface area contributed by atoms with E-state index in [0.717, 1.165) is 5.56 Å². The molecule has 82 valence electrons. The van der Waals surface area contributed by atoms with E-state index in [9.17, 15) is 4.79 Å². The van der Waals surface area contributed by atoms with Crippen molar-refractivity contribution < 1.29 is 4.74 Å². The van der Waals surface area contributed by atoms with Gasteiger partial charge in [-0.05, 0) is 30.3 Å². The SMILES string of the molecule is COc1cc(Cl)ccc1-c1ccc[nH]c1=O. The van der Waals surface area contributed by atoms with Crippen molar-refractivity contribution in [2.45, 2.75) is 0 Å². The average Bonchev–Trinajstić information content (AvgIpc) is 2.30. The third kappa shape index (κ3) is 1.95. The normalized spacial score (nSPS) is 10.1. The highest BCUT2D eigenvalue weighted by molar-refractivity contribution is 6.30. The number of hydrogen-bond acceptors (Lipinski definition) is 2. The second-order valence-electron chi connectivity index (χ2n) is 3.26. The molecule has 0 spiro atoms. The topological polar surface area (TPSA) is 42.1 Å². The van der Waals surface area contributed by atoms with Crippen LogP contribution in [0.3, 0.4) is 0 Å². The Bertz CT molecular complexity index is 563. The van der Waals surface area contributed by atoms with Crippen LogP contribution in [0.1, 0.15) is 0 Å². The molecule has 0 saturated carbocycles. The van der Waals surface area contributed by atoms with Crippen LogP contribution < -0.4 is 10.3 Å². The summed E-state index contributed by atoms with van der Waals surface area (Å²) in [7, 11) is 1.55. The number of hydrogen-bond donors (Lipinski definition) is 1. The molecule has 0 unspecified atom stereocenters. The predicted octanol–water partition coefficient (Wildman–Crippen LogP) is 2.70. The fourth-order valence-corrected chi connectivity index (χ4v) is 1.68. The summed E-state index contributed by atoms with van der Waals surface area (Å²) in [6, 6.07) is 8.69. The molecule has 0 aliphatic carbocycles. The number of pyridine rings is 1. The summed E-state index contributed by atoms with van der Waals surface area (Å²) in [6.45, 7) is 0. The van der Waals surface area contributed by atoms with Crippen LogP contribution in [0.25, 0.3) is 11.1 Å². The molecule has 0 bridgehead atoms. The summed E-state index contributed by atoms with van der Waals surface area (Å²) in [4.78, 5) is 14.2. The average molecular weight is 236 g/mol. The van der Waals surface area contributed by atoms with E-state index in [2.05, 4.69) is 4.98 Å². The molecule has 1 heterocycles. The van der Waals surface area contributed by atoms with Crippen LogP contribution in [0.2, 0.25) is 5.02 Å². The second-order valence-corrected chi connectivity index (χ2v) is 3.69. The summed E-state index contributed by atoms with van der Waals surface area (Å²) < 4.78 is 5.20. The standard InChI is InChI=1S/C12H10ClNO2/c1-16-11-7-8(13)4-5-9(11)10-3-2-6-14-12(10)15/h2-7H,1H3,(H,14,15). The van der Waals surface area contributed by atoms with Gasteiger partial charge in [0.2, 0.25) is 0 Å². The lowest BCUT2D eigenvalue weighted by molar-refractivity contribution is 0.416. The highest BCUT2D eigenvalue weighted by Crippen LogP contribution is 2.30. The first kappa shape index (κ1) is 10.8. The molecule has 0 amide bonds. The predicted molar refractivity (Wildman–Crippen MR) is 64.1 cm³/mol. The van der Waals surface area contributed by atoms with Gasteiger partial charge in [-0.15, -0.1) is 0 Å². The molecule has 1 aromatic heterocycles. The maximum absolute atomic E-state index is 11.6. The van der Waals surface area contributed by atoms with E-state index in [1.807, 2.05) is 0 Å². The van der Waals surface area contributed by atoms with Crippen LogP contribution >= 0.6 is 11.6 Å². The Kier molecular flexibility index (Phi) is 2.97. The van der Waals surface area contributed by atoms with Gasteiger partial charge in [0, 0.05) is 16.8 Å². The van der Waals surface area contributed by atoms with Gasteiger partial charge in [-0.25, -0.2) is 0 Å². The molecule has 1 N–H and O–H groups in total. The van der Waals surface area contributed by atoms with Crippen molar-refractivity contribution in [3.05, 3.63) is 51.9 Å². The Labute approximate surface area is 97.7 Å². The summed E-state index contributed by atoms with van der Waals surface area (Å²) in [6.07, 6.45) is 1.59. The van der Waals surface area contributed by atoms with E-state index in [1.165, 1.54) is 0 Å². The Morgan fingerprint density at radius 1 is 1.25 bits per heavy atom. The smallest absolute Gasteiger partial charge is 0.255 e. The Morgan fingerprint density at radius 3 is 2.75 bits per heavy atom. The van der Waals surface area contributed by atoms with E-state index in [-0.39, 0.29) is 5.56 Å². The van der Waals surface area contributed by atoms with E-state index < -0.39 is 0 Å². The first-order valence-corrected chi connectivity index (χ1v) is 5.12. The van der Waals surface area contributed by atoms with Gasteiger partial charge in [0.15, 0.2) is 0 Å². The minimum absolute atomic E-state index is 0.150. The first-order chi connectivity index (χ1) is 7.72. The molecule has 0 aliphatic heterocycles. The number of benzene rings is 1. The van der Waals surface area contributed by atoms with Gasteiger partial charge in [0.25, 0.3) is 5.56 Å². The number of rotatable bonds is 2. The molecule has 0 aliphatic rings. The van der Waals surface area contributed by atoms with Gasteiger partial charge in [-0.2, -0.15) is 0 Å². The van der Waals surface area contributed by atoms with Gasteiger partial charge < -0.3 is 9.72 Å². The van der Waals surface area contributed by atoms with Crippen molar-refractivity contribution in [1.29, 1.82) is 0 Å². The summed E-state index contributed by atoms with van der Waals surface area (Å²) in [5.41, 5.74) is 1.15. The third-order valence-corrected chi connectivity index (χ3v) is 2.51. The van der Waals surface area contributed by atoms with Crippen LogP contribution in [0.5, 0.6) is 5.75 Å². The van der Waals surface area contributed by atoms with E-state index in [4.69, 9.17) is 16.3 Å². The maximum atomic E-state index is 11.6. The largest absolute Gasteiger partial charge is 0.496 e. The lowest BCUT2D eigenvalue weighted by atomic mass is 10.1. The second kappa shape index (κ2) is 4.41. The van der Waals surface area contributed by atoms with Crippen LogP contribution in [0.4, 0.5) is 0 Å². The molecule has 16 heavy (non-hydrogen) atoms. The van der Waals surface area contributed by atoms with E-state index in [0.29, 0.717) is 16.3 Å². The molecular formula is C12H10ClNO2. The Morgan fingerprint density at radius 2 is 2.06 bits per heavy atom. The molecule has 0 fully saturated rings. The monoisotopic (exact) mass is 235 g/mol. The molecule has 2 aromatic rings. The lowest BCUT2D eigenvalue weighted by Crippen LogP contribution is -2.07. The number of nitrogens with one attached hydrogen (secondary N) is 1. The quantitative estimate of drug-likeness (QED) is 0.870. The van der Waals surface area contributed by atoms with Crippen molar-refractivity contribution >= 4 is 11.6 Å². The fourth-order valence-electron chi connectivity index (χ4n) is 1.52.